The third-order valence-corrected chi connectivity index (χ3v) is 6.19. The fraction of sp³-hybridized carbons (Fsp3) is 0.273. The first-order valence-corrected chi connectivity index (χ1v) is 11.2. The van der Waals surface area contributed by atoms with Crippen molar-refractivity contribution in [2.24, 2.45) is 0 Å². The van der Waals surface area contributed by atoms with Gasteiger partial charge in [0.15, 0.2) is 5.82 Å². The number of carbonyl (C=O) groups is 1. The molecule has 5 nitrogen and oxygen atoms in total. The highest BCUT2D eigenvalue weighted by molar-refractivity contribution is 7.99. The van der Waals surface area contributed by atoms with Crippen molar-refractivity contribution in [1.82, 2.24) is 15.1 Å². The zero-order chi connectivity index (χ0) is 20.1. The highest BCUT2D eigenvalue weighted by Crippen LogP contribution is 2.31. The van der Waals surface area contributed by atoms with Crippen LogP contribution in [-0.2, 0) is 17.9 Å². The molecule has 150 valence electrons. The van der Waals surface area contributed by atoms with Crippen LogP contribution in [0.15, 0.2) is 60.8 Å². The van der Waals surface area contributed by atoms with Crippen LogP contribution in [0.5, 0.6) is 0 Å². The van der Waals surface area contributed by atoms with Gasteiger partial charge in [-0.15, -0.1) is 0 Å². The van der Waals surface area contributed by atoms with Crippen LogP contribution in [0.4, 0.5) is 5.82 Å². The minimum Gasteiger partial charge on any atom is -0.353 e. The van der Waals surface area contributed by atoms with Crippen molar-refractivity contribution in [3.05, 3.63) is 71.4 Å². The van der Waals surface area contributed by atoms with Crippen LogP contribution in [-0.4, -0.2) is 40.3 Å². The predicted molar refractivity (Wildman–Crippen MR) is 120 cm³/mol. The Hall–Kier alpha value is -2.44. The maximum atomic E-state index is 12.5. The molecule has 3 aromatic rings. The molecule has 1 aliphatic heterocycles. The van der Waals surface area contributed by atoms with Gasteiger partial charge in [0.25, 0.3) is 0 Å². The van der Waals surface area contributed by atoms with Crippen LogP contribution < -0.4 is 10.2 Å². The number of anilines is 1. The Bertz CT molecular complexity index is 970. The molecule has 0 radical (unpaired) electrons. The molecule has 1 saturated heterocycles. The fourth-order valence-electron chi connectivity index (χ4n) is 3.36. The summed E-state index contributed by atoms with van der Waals surface area (Å²) in [7, 11) is 0. The Kier molecular flexibility index (Phi) is 6.42. The summed E-state index contributed by atoms with van der Waals surface area (Å²) in [5.74, 6) is 3.06. The second-order valence-electron chi connectivity index (χ2n) is 6.90. The van der Waals surface area contributed by atoms with E-state index in [0.29, 0.717) is 11.6 Å². The summed E-state index contributed by atoms with van der Waals surface area (Å²) >= 11 is 8.14. The molecule has 1 aliphatic rings. The standard InChI is InChI=1S/C22H23ClN4OS/c23-20-9-5-4-8-18(20)14-24-21(28)16-27-15-19(17-6-2-1-3-7-17)22(25-27)26-10-12-29-13-11-26/h1-9,15H,10-14,16H2,(H,24,28). The Labute approximate surface area is 180 Å². The first-order chi connectivity index (χ1) is 14.2. The van der Waals surface area contributed by atoms with Crippen LogP contribution in [0.25, 0.3) is 11.1 Å². The number of hydrogen-bond acceptors (Lipinski definition) is 4. The number of halogens is 1. The number of benzene rings is 2. The largest absolute Gasteiger partial charge is 0.353 e. The molecule has 1 fully saturated rings. The second kappa shape index (κ2) is 9.37. The molecule has 0 bridgehead atoms. The number of aromatic nitrogens is 2. The van der Waals surface area contributed by atoms with Gasteiger partial charge in [0.05, 0.1) is 0 Å². The fourth-order valence-corrected chi connectivity index (χ4v) is 4.47. The summed E-state index contributed by atoms with van der Waals surface area (Å²) in [6.45, 7) is 2.52. The predicted octanol–water partition coefficient (Wildman–Crippen LogP) is 4.07. The van der Waals surface area contributed by atoms with Gasteiger partial charge in [0, 0.05) is 47.9 Å². The lowest BCUT2D eigenvalue weighted by Crippen LogP contribution is -2.33. The van der Waals surface area contributed by atoms with E-state index in [-0.39, 0.29) is 12.5 Å². The Morgan fingerprint density at radius 3 is 2.55 bits per heavy atom. The van der Waals surface area contributed by atoms with E-state index < -0.39 is 0 Å². The molecule has 2 aromatic carbocycles. The van der Waals surface area contributed by atoms with E-state index in [1.165, 1.54) is 0 Å². The first kappa shape index (κ1) is 19.9. The first-order valence-electron chi connectivity index (χ1n) is 9.66. The minimum absolute atomic E-state index is 0.0900. The van der Waals surface area contributed by atoms with Gasteiger partial charge >= 0.3 is 0 Å². The molecule has 2 heterocycles. The SMILES string of the molecule is O=C(Cn1cc(-c2ccccc2)c(N2CCSCC2)n1)NCc1ccccc1Cl. The van der Waals surface area contributed by atoms with Crippen LogP contribution in [0.3, 0.4) is 0 Å². The summed E-state index contributed by atoms with van der Waals surface area (Å²) in [4.78, 5) is 14.8. The number of rotatable bonds is 6. The maximum Gasteiger partial charge on any atom is 0.242 e. The number of nitrogens with zero attached hydrogens (tertiary/aromatic N) is 3. The van der Waals surface area contributed by atoms with E-state index in [2.05, 4.69) is 22.3 Å². The average Bonchev–Trinajstić information content (AvgIpc) is 3.18. The summed E-state index contributed by atoms with van der Waals surface area (Å²) < 4.78 is 1.74. The molecule has 4 rings (SSSR count). The highest BCUT2D eigenvalue weighted by Gasteiger charge is 2.20. The quantitative estimate of drug-likeness (QED) is 0.645. The van der Waals surface area contributed by atoms with Gasteiger partial charge in [0.2, 0.25) is 5.91 Å². The normalized spacial score (nSPS) is 14.0. The number of hydrogen-bond donors (Lipinski definition) is 1. The smallest absolute Gasteiger partial charge is 0.242 e. The van der Waals surface area contributed by atoms with Gasteiger partial charge in [-0.25, -0.2) is 0 Å². The minimum atomic E-state index is -0.0900. The maximum absolute atomic E-state index is 12.5. The molecule has 1 amide bonds. The van der Waals surface area contributed by atoms with E-state index in [1.54, 1.807) is 4.68 Å². The Balaban J connectivity index is 1.50. The van der Waals surface area contributed by atoms with Gasteiger partial charge < -0.3 is 10.2 Å². The van der Waals surface area contributed by atoms with Crippen LogP contribution in [0, 0.1) is 0 Å². The molecule has 0 spiro atoms. The van der Waals surface area contributed by atoms with Crippen LogP contribution in [0.2, 0.25) is 5.02 Å². The second-order valence-corrected chi connectivity index (χ2v) is 8.53. The summed E-state index contributed by atoms with van der Waals surface area (Å²) in [6, 6.07) is 17.8. The van der Waals surface area contributed by atoms with Crippen molar-refractivity contribution >= 4 is 35.1 Å². The lowest BCUT2D eigenvalue weighted by molar-refractivity contribution is -0.122. The van der Waals surface area contributed by atoms with Crippen molar-refractivity contribution in [3.8, 4) is 11.1 Å². The average molecular weight is 427 g/mol. The van der Waals surface area contributed by atoms with Gasteiger partial charge in [0.1, 0.15) is 6.54 Å². The Morgan fingerprint density at radius 2 is 1.79 bits per heavy atom. The molecule has 0 atom stereocenters. The van der Waals surface area contributed by atoms with E-state index >= 15 is 0 Å². The van der Waals surface area contributed by atoms with Crippen molar-refractivity contribution in [1.29, 1.82) is 0 Å². The molecule has 0 saturated carbocycles. The van der Waals surface area contributed by atoms with Crippen molar-refractivity contribution in [3.63, 3.8) is 0 Å². The van der Waals surface area contributed by atoms with E-state index in [9.17, 15) is 4.79 Å². The lowest BCUT2D eigenvalue weighted by Gasteiger charge is -2.27. The third kappa shape index (κ3) is 4.95. The monoisotopic (exact) mass is 426 g/mol. The van der Waals surface area contributed by atoms with Crippen molar-refractivity contribution in [2.75, 3.05) is 29.5 Å². The number of amides is 1. The van der Waals surface area contributed by atoms with Crippen LogP contribution in [0.1, 0.15) is 5.56 Å². The van der Waals surface area contributed by atoms with Gasteiger partial charge in [-0.05, 0) is 17.2 Å². The summed E-state index contributed by atoms with van der Waals surface area (Å²) in [5.41, 5.74) is 3.08. The number of nitrogens with one attached hydrogen (secondary N) is 1. The third-order valence-electron chi connectivity index (χ3n) is 4.88. The molecule has 0 aliphatic carbocycles. The molecule has 0 unspecified atom stereocenters. The zero-order valence-electron chi connectivity index (χ0n) is 16.1. The molecular weight excluding hydrogens is 404 g/mol. The summed E-state index contributed by atoms with van der Waals surface area (Å²) in [6.07, 6.45) is 1.97. The van der Waals surface area contributed by atoms with Gasteiger partial charge in [-0.2, -0.15) is 16.9 Å². The molecular formula is C22H23ClN4OS. The Morgan fingerprint density at radius 1 is 1.07 bits per heavy atom. The molecule has 29 heavy (non-hydrogen) atoms. The van der Waals surface area contributed by atoms with E-state index in [1.807, 2.05) is 60.4 Å². The molecule has 1 aromatic heterocycles. The van der Waals surface area contributed by atoms with E-state index in [4.69, 9.17) is 16.7 Å². The highest BCUT2D eigenvalue weighted by atomic mass is 35.5. The molecule has 1 N–H and O–H groups in total. The zero-order valence-corrected chi connectivity index (χ0v) is 17.6. The number of thioether (sulfide) groups is 1. The van der Waals surface area contributed by atoms with Gasteiger partial charge in [-0.3, -0.25) is 9.48 Å². The van der Waals surface area contributed by atoms with Gasteiger partial charge in [-0.1, -0.05) is 60.1 Å². The molecule has 7 heteroatoms. The summed E-state index contributed by atoms with van der Waals surface area (Å²) in [5, 5.41) is 8.36. The topological polar surface area (TPSA) is 50.2 Å². The van der Waals surface area contributed by atoms with Crippen molar-refractivity contribution in [2.45, 2.75) is 13.1 Å². The van der Waals surface area contributed by atoms with Crippen molar-refractivity contribution < 1.29 is 4.79 Å². The number of carbonyl (C=O) groups excluding carboxylic acids is 1. The van der Waals surface area contributed by atoms with Crippen LogP contribution >= 0.6 is 23.4 Å². The van der Waals surface area contributed by atoms with E-state index in [0.717, 1.165) is 47.1 Å². The lowest BCUT2D eigenvalue weighted by atomic mass is 10.1.